The lowest BCUT2D eigenvalue weighted by molar-refractivity contribution is -0.137. The fourth-order valence-corrected chi connectivity index (χ4v) is 1.14. The van der Waals surface area contributed by atoms with E-state index in [0.29, 0.717) is 0 Å². The first-order valence-electron chi connectivity index (χ1n) is 4.33. The molecule has 0 atom stereocenters. The molecule has 0 saturated heterocycles. The lowest BCUT2D eigenvalue weighted by Gasteiger charge is -2.24. The molecule has 0 aromatic rings. The summed E-state index contributed by atoms with van der Waals surface area (Å²) in [6.45, 7) is -0.293. The predicted octanol–water partition coefficient (Wildman–Crippen LogP) is 1.86. The maximum absolute atomic E-state index is 11.7. The molecule has 1 saturated carbocycles. The lowest BCUT2D eigenvalue weighted by atomic mass is 9.85. The van der Waals surface area contributed by atoms with Gasteiger partial charge in [-0.1, -0.05) is 6.42 Å². The van der Waals surface area contributed by atoms with E-state index < -0.39 is 12.6 Å². The number of carbonyl (C=O) groups excluding carboxylic acids is 1. The molecule has 1 aliphatic carbocycles. The number of hydrogen-bond donors (Lipinski definition) is 1. The van der Waals surface area contributed by atoms with Crippen LogP contribution < -0.4 is 5.32 Å². The van der Waals surface area contributed by atoms with E-state index >= 15 is 0 Å². The van der Waals surface area contributed by atoms with Crippen LogP contribution in [-0.4, -0.2) is 18.6 Å². The van der Waals surface area contributed by atoms with Crippen molar-refractivity contribution < 1.29 is 18.0 Å². The Balaban J connectivity index is 2.08. The maximum atomic E-state index is 11.7. The molecule has 1 aliphatic rings. The van der Waals surface area contributed by atoms with Gasteiger partial charge in [0.1, 0.15) is 0 Å². The molecule has 1 rings (SSSR count). The minimum Gasteiger partial charge on any atom is -0.356 e. The van der Waals surface area contributed by atoms with Gasteiger partial charge >= 0.3 is 6.18 Å². The van der Waals surface area contributed by atoms with E-state index in [-0.39, 0.29) is 18.4 Å². The molecule has 0 aromatic carbocycles. The first kappa shape index (κ1) is 10.3. The van der Waals surface area contributed by atoms with Gasteiger partial charge in [0.25, 0.3) is 0 Å². The molecule has 0 spiro atoms. The van der Waals surface area contributed by atoms with Crippen LogP contribution in [0.4, 0.5) is 13.2 Å². The summed E-state index contributed by atoms with van der Waals surface area (Å²) < 4.78 is 35.0. The van der Waals surface area contributed by atoms with Crippen molar-refractivity contribution >= 4 is 5.91 Å². The Morgan fingerprint density at radius 3 is 2.38 bits per heavy atom. The second kappa shape index (κ2) is 3.98. The number of amides is 1. The molecule has 5 heteroatoms. The largest absolute Gasteiger partial charge is 0.390 e. The van der Waals surface area contributed by atoms with Crippen molar-refractivity contribution in [3.63, 3.8) is 0 Å². The van der Waals surface area contributed by atoms with Gasteiger partial charge in [-0.2, -0.15) is 13.2 Å². The molecule has 0 aromatic heterocycles. The third kappa shape index (κ3) is 3.65. The smallest absolute Gasteiger partial charge is 0.356 e. The van der Waals surface area contributed by atoms with Crippen molar-refractivity contribution in [2.45, 2.75) is 31.9 Å². The van der Waals surface area contributed by atoms with Crippen LogP contribution in [0.25, 0.3) is 0 Å². The Bertz CT molecular complexity index is 186. The highest BCUT2D eigenvalue weighted by Crippen LogP contribution is 2.26. The van der Waals surface area contributed by atoms with Gasteiger partial charge < -0.3 is 5.32 Å². The molecule has 0 aliphatic heterocycles. The minimum absolute atomic E-state index is 0.0340. The van der Waals surface area contributed by atoms with Crippen LogP contribution in [-0.2, 0) is 4.79 Å². The zero-order chi connectivity index (χ0) is 9.90. The highest BCUT2D eigenvalue weighted by atomic mass is 19.4. The molecule has 1 N–H and O–H groups in total. The second-order valence-corrected chi connectivity index (χ2v) is 3.28. The quantitative estimate of drug-likeness (QED) is 0.731. The van der Waals surface area contributed by atoms with Crippen LogP contribution in [0.15, 0.2) is 0 Å². The Hall–Kier alpha value is -0.740. The monoisotopic (exact) mass is 195 g/mol. The van der Waals surface area contributed by atoms with E-state index in [1.165, 1.54) is 0 Å². The molecular weight excluding hydrogens is 183 g/mol. The van der Waals surface area contributed by atoms with Crippen molar-refractivity contribution in [3.05, 3.63) is 0 Å². The Morgan fingerprint density at radius 1 is 1.38 bits per heavy atom. The second-order valence-electron chi connectivity index (χ2n) is 3.28. The average molecular weight is 195 g/mol. The third-order valence-electron chi connectivity index (χ3n) is 2.18. The van der Waals surface area contributed by atoms with Crippen molar-refractivity contribution in [3.8, 4) is 0 Å². The van der Waals surface area contributed by atoms with E-state index in [9.17, 15) is 18.0 Å². The predicted molar refractivity (Wildman–Crippen MR) is 41.0 cm³/mol. The van der Waals surface area contributed by atoms with Crippen LogP contribution in [0.2, 0.25) is 0 Å². The molecule has 0 bridgehead atoms. The summed E-state index contributed by atoms with van der Waals surface area (Å²) >= 11 is 0. The Labute approximate surface area is 74.5 Å². The number of rotatable bonds is 3. The van der Waals surface area contributed by atoms with E-state index in [4.69, 9.17) is 0 Å². The highest BCUT2D eigenvalue weighted by molar-refractivity contribution is 5.79. The number of nitrogens with one attached hydrogen (secondary N) is 1. The number of alkyl halides is 3. The maximum Gasteiger partial charge on any atom is 0.390 e. The molecule has 0 heterocycles. The Morgan fingerprint density at radius 2 is 2.00 bits per heavy atom. The fraction of sp³-hybridized carbons (Fsp3) is 0.875. The van der Waals surface area contributed by atoms with Gasteiger partial charge in [0, 0.05) is 12.5 Å². The van der Waals surface area contributed by atoms with E-state index in [1.54, 1.807) is 0 Å². The average Bonchev–Trinajstić information content (AvgIpc) is 1.79. The fourth-order valence-electron chi connectivity index (χ4n) is 1.14. The molecule has 13 heavy (non-hydrogen) atoms. The molecular formula is C8H12F3NO. The van der Waals surface area contributed by atoms with Gasteiger partial charge in [-0.25, -0.2) is 0 Å². The minimum atomic E-state index is -4.17. The SMILES string of the molecule is O=C(NCCC(F)(F)F)C1CCC1. The molecule has 76 valence electrons. The van der Waals surface area contributed by atoms with Gasteiger partial charge in [-0.15, -0.1) is 0 Å². The first-order chi connectivity index (χ1) is 5.99. The van der Waals surface area contributed by atoms with Crippen LogP contribution in [0.5, 0.6) is 0 Å². The van der Waals surface area contributed by atoms with Crippen LogP contribution in [0.1, 0.15) is 25.7 Å². The summed E-state index contributed by atoms with van der Waals surface area (Å²) in [5.74, 6) is -0.260. The number of halogens is 3. The van der Waals surface area contributed by atoms with Crippen LogP contribution >= 0.6 is 0 Å². The van der Waals surface area contributed by atoms with Gasteiger partial charge in [0.05, 0.1) is 6.42 Å². The third-order valence-corrected chi connectivity index (χ3v) is 2.18. The standard InChI is InChI=1S/C8H12F3NO/c9-8(10,11)4-5-12-7(13)6-2-1-3-6/h6H,1-5H2,(H,12,13). The normalized spacial score (nSPS) is 18.1. The summed E-state index contributed by atoms with van der Waals surface area (Å²) in [6, 6.07) is 0. The lowest BCUT2D eigenvalue weighted by Crippen LogP contribution is -2.36. The summed E-state index contributed by atoms with van der Waals surface area (Å²) in [7, 11) is 0. The van der Waals surface area contributed by atoms with Crippen LogP contribution in [0.3, 0.4) is 0 Å². The molecule has 0 radical (unpaired) electrons. The Kier molecular flexibility index (Phi) is 3.17. The molecule has 1 amide bonds. The molecule has 2 nitrogen and oxygen atoms in total. The van der Waals surface area contributed by atoms with E-state index in [1.807, 2.05) is 0 Å². The van der Waals surface area contributed by atoms with Crippen molar-refractivity contribution in [2.75, 3.05) is 6.54 Å². The molecule has 1 fully saturated rings. The van der Waals surface area contributed by atoms with E-state index in [2.05, 4.69) is 5.32 Å². The topological polar surface area (TPSA) is 29.1 Å². The number of carbonyl (C=O) groups is 1. The zero-order valence-corrected chi connectivity index (χ0v) is 7.16. The van der Waals surface area contributed by atoms with Crippen molar-refractivity contribution in [2.24, 2.45) is 5.92 Å². The summed E-state index contributed by atoms with van der Waals surface area (Å²) in [5.41, 5.74) is 0. The number of hydrogen-bond acceptors (Lipinski definition) is 1. The highest BCUT2D eigenvalue weighted by Gasteiger charge is 2.28. The first-order valence-corrected chi connectivity index (χ1v) is 4.33. The zero-order valence-electron chi connectivity index (χ0n) is 7.16. The van der Waals surface area contributed by atoms with Crippen molar-refractivity contribution in [1.29, 1.82) is 0 Å². The van der Waals surface area contributed by atoms with Crippen molar-refractivity contribution in [1.82, 2.24) is 5.32 Å². The van der Waals surface area contributed by atoms with Gasteiger partial charge in [0.15, 0.2) is 0 Å². The molecule has 0 unspecified atom stereocenters. The summed E-state index contributed by atoms with van der Waals surface area (Å²) in [5, 5.41) is 2.28. The summed E-state index contributed by atoms with van der Waals surface area (Å²) in [6.07, 6.45) is -2.47. The summed E-state index contributed by atoms with van der Waals surface area (Å²) in [4.78, 5) is 11.0. The van der Waals surface area contributed by atoms with E-state index in [0.717, 1.165) is 19.3 Å². The van der Waals surface area contributed by atoms with Gasteiger partial charge in [0.2, 0.25) is 5.91 Å². The van der Waals surface area contributed by atoms with Crippen LogP contribution in [0, 0.1) is 5.92 Å². The van der Waals surface area contributed by atoms with Gasteiger partial charge in [-0.3, -0.25) is 4.79 Å². The van der Waals surface area contributed by atoms with Gasteiger partial charge in [-0.05, 0) is 12.8 Å².